The number of hydrogen-bond acceptors (Lipinski definition) is 7. The molecule has 32 heavy (non-hydrogen) atoms. The van der Waals surface area contributed by atoms with Crippen molar-refractivity contribution in [1.29, 1.82) is 0 Å². The summed E-state index contributed by atoms with van der Waals surface area (Å²) in [4.78, 5) is 17.1. The minimum atomic E-state index is -3.64. The minimum Gasteiger partial charge on any atom is -0.507 e. The predicted molar refractivity (Wildman–Crippen MR) is 117 cm³/mol. The molecule has 2 heterocycles. The summed E-state index contributed by atoms with van der Waals surface area (Å²) in [5.74, 6) is -0.312. The molecule has 0 saturated carbocycles. The highest BCUT2D eigenvalue weighted by Crippen LogP contribution is 2.25. The van der Waals surface area contributed by atoms with Crippen molar-refractivity contribution in [3.63, 3.8) is 0 Å². The zero-order valence-electron chi connectivity index (χ0n) is 17.9. The largest absolute Gasteiger partial charge is 0.507 e. The van der Waals surface area contributed by atoms with Crippen molar-refractivity contribution in [3.8, 4) is 5.75 Å². The van der Waals surface area contributed by atoms with Gasteiger partial charge in [-0.05, 0) is 49.7 Å². The predicted octanol–water partition coefficient (Wildman–Crippen LogP) is 2.45. The summed E-state index contributed by atoms with van der Waals surface area (Å²) in [6, 6.07) is 9.56. The van der Waals surface area contributed by atoms with Crippen LogP contribution in [0.25, 0.3) is 11.0 Å². The lowest BCUT2D eigenvalue weighted by Crippen LogP contribution is -2.40. The van der Waals surface area contributed by atoms with Gasteiger partial charge in [-0.15, -0.1) is 0 Å². The monoisotopic (exact) mass is 459 g/mol. The zero-order valence-corrected chi connectivity index (χ0v) is 18.8. The Morgan fingerprint density at radius 3 is 2.62 bits per heavy atom. The van der Waals surface area contributed by atoms with Crippen LogP contribution in [0.15, 0.2) is 41.3 Å². The fourth-order valence-electron chi connectivity index (χ4n) is 3.74. The third kappa shape index (κ3) is 4.21. The molecule has 2 aromatic carbocycles. The number of aromatic nitrogens is 2. The van der Waals surface area contributed by atoms with Gasteiger partial charge in [-0.1, -0.05) is 6.07 Å². The van der Waals surface area contributed by atoms with Crippen LogP contribution in [0.2, 0.25) is 0 Å². The van der Waals surface area contributed by atoms with Crippen molar-refractivity contribution >= 4 is 27.0 Å². The number of imidazole rings is 1. The number of ether oxygens (including phenoxy) is 2. The minimum absolute atomic E-state index is 0.0775. The van der Waals surface area contributed by atoms with E-state index in [2.05, 4.69) is 4.98 Å². The molecule has 170 valence electrons. The SMILES string of the molecule is CCn1c(COC(=O)c2ccc(C)cc2O)nc2cc(S(=O)(=O)N3CCOCC3)ccc21. The molecular weight excluding hydrogens is 434 g/mol. The number of nitrogens with zero attached hydrogens (tertiary/aromatic N) is 3. The molecular formula is C22H25N3O6S. The summed E-state index contributed by atoms with van der Waals surface area (Å²) < 4.78 is 39.8. The topological polar surface area (TPSA) is 111 Å². The molecule has 1 aliphatic rings. The summed E-state index contributed by atoms with van der Waals surface area (Å²) in [5, 5.41) is 10.00. The van der Waals surface area contributed by atoms with Gasteiger partial charge in [0.2, 0.25) is 10.0 Å². The Kier molecular flexibility index (Phi) is 6.18. The number of sulfonamides is 1. The lowest BCUT2D eigenvalue weighted by Gasteiger charge is -2.26. The smallest absolute Gasteiger partial charge is 0.342 e. The Balaban J connectivity index is 1.59. The standard InChI is InChI=1S/C22H25N3O6S/c1-3-25-19-7-5-16(32(28,29)24-8-10-30-11-9-24)13-18(19)23-21(25)14-31-22(27)17-6-4-15(2)12-20(17)26/h4-7,12-13,26H,3,8-11,14H2,1-2H3. The maximum atomic E-state index is 13.0. The highest BCUT2D eigenvalue weighted by Gasteiger charge is 2.27. The fourth-order valence-corrected chi connectivity index (χ4v) is 5.17. The van der Waals surface area contributed by atoms with E-state index >= 15 is 0 Å². The summed E-state index contributed by atoms with van der Waals surface area (Å²) in [6.07, 6.45) is 0. The Labute approximate surface area is 186 Å². The van der Waals surface area contributed by atoms with Gasteiger partial charge in [0.15, 0.2) is 0 Å². The van der Waals surface area contributed by atoms with E-state index in [0.717, 1.165) is 11.1 Å². The van der Waals surface area contributed by atoms with Crippen LogP contribution < -0.4 is 0 Å². The molecule has 4 rings (SSSR count). The molecule has 0 aliphatic carbocycles. The number of esters is 1. The third-order valence-corrected chi connectivity index (χ3v) is 7.32. The van der Waals surface area contributed by atoms with Gasteiger partial charge in [-0.2, -0.15) is 4.31 Å². The highest BCUT2D eigenvalue weighted by molar-refractivity contribution is 7.89. The highest BCUT2D eigenvalue weighted by atomic mass is 32.2. The van der Waals surface area contributed by atoms with Crippen molar-refractivity contribution in [1.82, 2.24) is 13.9 Å². The van der Waals surface area contributed by atoms with Crippen LogP contribution in [0.3, 0.4) is 0 Å². The maximum absolute atomic E-state index is 13.0. The van der Waals surface area contributed by atoms with E-state index in [4.69, 9.17) is 9.47 Å². The molecule has 1 N–H and O–H groups in total. The molecule has 0 bridgehead atoms. The van der Waals surface area contributed by atoms with Gasteiger partial charge in [0.25, 0.3) is 0 Å². The number of benzene rings is 2. The van der Waals surface area contributed by atoms with E-state index in [-0.39, 0.29) is 22.8 Å². The van der Waals surface area contributed by atoms with E-state index in [1.54, 1.807) is 24.3 Å². The van der Waals surface area contributed by atoms with E-state index in [9.17, 15) is 18.3 Å². The molecule has 0 atom stereocenters. The van der Waals surface area contributed by atoms with Gasteiger partial charge in [-0.25, -0.2) is 18.2 Å². The molecule has 1 saturated heterocycles. The number of aromatic hydroxyl groups is 1. The van der Waals surface area contributed by atoms with E-state index in [0.29, 0.717) is 44.2 Å². The van der Waals surface area contributed by atoms with Crippen molar-refractivity contribution in [2.75, 3.05) is 26.3 Å². The Bertz CT molecular complexity index is 1260. The van der Waals surface area contributed by atoms with Crippen LogP contribution in [-0.4, -0.2) is 59.7 Å². The van der Waals surface area contributed by atoms with Crippen molar-refractivity contribution < 1.29 is 27.8 Å². The van der Waals surface area contributed by atoms with Gasteiger partial charge in [0.1, 0.15) is 23.7 Å². The molecule has 1 aliphatic heterocycles. The number of aryl methyl sites for hydroxylation is 2. The molecule has 0 spiro atoms. The Hall–Kier alpha value is -2.95. The second kappa shape index (κ2) is 8.89. The van der Waals surface area contributed by atoms with Crippen LogP contribution in [-0.2, 0) is 32.6 Å². The quantitative estimate of drug-likeness (QED) is 0.564. The summed E-state index contributed by atoms with van der Waals surface area (Å²) in [7, 11) is -3.64. The third-order valence-electron chi connectivity index (χ3n) is 5.43. The molecule has 0 unspecified atom stereocenters. The van der Waals surface area contributed by atoms with Crippen LogP contribution in [0.1, 0.15) is 28.7 Å². The second-order valence-electron chi connectivity index (χ2n) is 7.54. The van der Waals surface area contributed by atoms with Crippen LogP contribution in [0, 0.1) is 6.92 Å². The van der Waals surface area contributed by atoms with Crippen LogP contribution in [0.4, 0.5) is 0 Å². The maximum Gasteiger partial charge on any atom is 0.342 e. The first kappa shape index (κ1) is 22.3. The number of hydrogen-bond donors (Lipinski definition) is 1. The van der Waals surface area contributed by atoms with Crippen molar-refractivity contribution in [3.05, 3.63) is 53.3 Å². The summed E-state index contributed by atoms with van der Waals surface area (Å²) >= 11 is 0. The molecule has 3 aromatic rings. The van der Waals surface area contributed by atoms with Gasteiger partial charge in [0, 0.05) is 19.6 Å². The Morgan fingerprint density at radius 2 is 1.94 bits per heavy atom. The van der Waals surface area contributed by atoms with Gasteiger partial charge >= 0.3 is 5.97 Å². The lowest BCUT2D eigenvalue weighted by molar-refractivity contribution is 0.0455. The lowest BCUT2D eigenvalue weighted by atomic mass is 10.1. The molecule has 0 amide bonds. The van der Waals surface area contributed by atoms with E-state index in [1.165, 1.54) is 16.4 Å². The first-order chi connectivity index (χ1) is 15.3. The molecule has 0 radical (unpaired) electrons. The normalized spacial score (nSPS) is 15.2. The average Bonchev–Trinajstić information content (AvgIpc) is 3.14. The molecule has 10 heteroatoms. The molecule has 9 nitrogen and oxygen atoms in total. The molecule has 1 aromatic heterocycles. The number of carbonyl (C=O) groups is 1. The van der Waals surface area contributed by atoms with Crippen LogP contribution in [0.5, 0.6) is 5.75 Å². The van der Waals surface area contributed by atoms with Crippen molar-refractivity contribution in [2.45, 2.75) is 31.9 Å². The van der Waals surface area contributed by atoms with Gasteiger partial charge in [0.05, 0.1) is 29.1 Å². The summed E-state index contributed by atoms with van der Waals surface area (Å²) in [6.45, 7) is 5.57. The van der Waals surface area contributed by atoms with Crippen molar-refractivity contribution in [2.24, 2.45) is 0 Å². The number of carbonyl (C=O) groups excluding carboxylic acids is 1. The number of phenolic OH excluding ortho intramolecular Hbond substituents is 1. The zero-order chi connectivity index (χ0) is 22.9. The first-order valence-corrected chi connectivity index (χ1v) is 11.8. The first-order valence-electron chi connectivity index (χ1n) is 10.3. The summed E-state index contributed by atoms with van der Waals surface area (Å²) in [5.41, 5.74) is 2.16. The fraction of sp³-hybridized carbons (Fsp3) is 0.364. The van der Waals surface area contributed by atoms with Gasteiger partial charge < -0.3 is 19.1 Å². The second-order valence-corrected chi connectivity index (χ2v) is 9.47. The average molecular weight is 460 g/mol. The number of phenols is 1. The number of fused-ring (bicyclic) bond motifs is 1. The van der Waals surface area contributed by atoms with E-state index in [1.807, 2.05) is 18.4 Å². The Morgan fingerprint density at radius 1 is 1.19 bits per heavy atom. The van der Waals surface area contributed by atoms with E-state index < -0.39 is 16.0 Å². The van der Waals surface area contributed by atoms with Gasteiger partial charge in [-0.3, -0.25) is 0 Å². The van der Waals surface area contributed by atoms with Crippen LogP contribution >= 0.6 is 0 Å². The number of morpholine rings is 1. The molecule has 1 fully saturated rings. The number of rotatable bonds is 6.